The summed E-state index contributed by atoms with van der Waals surface area (Å²) < 4.78 is 13.3. The number of hydrogen-bond acceptors (Lipinski definition) is 3. The minimum atomic E-state index is -0.234. The molecular weight excluding hydrogens is 329 g/mol. The first-order valence-electron chi connectivity index (χ1n) is 9.21. The van der Waals surface area contributed by atoms with E-state index in [9.17, 15) is 4.39 Å². The van der Waals surface area contributed by atoms with Crippen molar-refractivity contribution in [3.8, 4) is 0 Å². The highest BCUT2D eigenvalue weighted by molar-refractivity contribution is 5.79. The maximum Gasteiger partial charge on any atom is 0.191 e. The summed E-state index contributed by atoms with van der Waals surface area (Å²) in [5, 5.41) is 6.57. The van der Waals surface area contributed by atoms with Gasteiger partial charge in [0.05, 0.1) is 6.54 Å². The van der Waals surface area contributed by atoms with Gasteiger partial charge in [0.2, 0.25) is 0 Å². The van der Waals surface area contributed by atoms with Crippen LogP contribution in [0.3, 0.4) is 0 Å². The fraction of sp³-hybridized carbons (Fsp3) is 0.400. The number of halogens is 1. The Bertz CT molecular complexity index is 740. The number of hydrogen-bond donors (Lipinski definition) is 2. The maximum atomic E-state index is 13.3. The monoisotopic (exact) mass is 355 g/mol. The first-order valence-corrected chi connectivity index (χ1v) is 9.21. The van der Waals surface area contributed by atoms with Crippen molar-refractivity contribution in [2.45, 2.75) is 32.9 Å². The van der Waals surface area contributed by atoms with E-state index in [0.29, 0.717) is 13.1 Å². The zero-order valence-electron chi connectivity index (χ0n) is 15.2. The summed E-state index contributed by atoms with van der Waals surface area (Å²) in [6.45, 7) is 6.06. The van der Waals surface area contributed by atoms with Crippen molar-refractivity contribution in [1.29, 1.82) is 0 Å². The average molecular weight is 355 g/mol. The molecule has 0 atom stereocenters. The van der Waals surface area contributed by atoms with Crippen LogP contribution >= 0.6 is 0 Å². The van der Waals surface area contributed by atoms with Gasteiger partial charge in [-0.05, 0) is 55.2 Å². The van der Waals surface area contributed by atoms with Crippen LogP contribution in [0.4, 0.5) is 10.2 Å². The lowest BCUT2D eigenvalue weighted by Crippen LogP contribution is -2.36. The fourth-order valence-corrected chi connectivity index (χ4v) is 3.02. The summed E-state index contributed by atoms with van der Waals surface area (Å²) in [5.41, 5.74) is 2.01. The molecule has 2 heterocycles. The molecule has 0 spiro atoms. The molecule has 1 aliphatic rings. The molecule has 26 heavy (non-hydrogen) atoms. The third-order valence-corrected chi connectivity index (χ3v) is 4.35. The van der Waals surface area contributed by atoms with Crippen molar-refractivity contribution in [1.82, 2.24) is 15.6 Å². The van der Waals surface area contributed by atoms with Crippen LogP contribution in [0.15, 0.2) is 47.6 Å². The van der Waals surface area contributed by atoms with Crippen molar-refractivity contribution in [3.63, 3.8) is 0 Å². The van der Waals surface area contributed by atoms with Crippen molar-refractivity contribution in [2.75, 3.05) is 24.5 Å². The first kappa shape index (κ1) is 18.2. The van der Waals surface area contributed by atoms with E-state index in [1.807, 2.05) is 25.3 Å². The number of nitrogens with zero attached hydrogens (tertiary/aromatic N) is 3. The van der Waals surface area contributed by atoms with Crippen molar-refractivity contribution >= 4 is 11.8 Å². The molecule has 0 amide bonds. The summed E-state index contributed by atoms with van der Waals surface area (Å²) in [5.74, 6) is 1.53. The lowest BCUT2D eigenvalue weighted by molar-refractivity contribution is 0.625. The van der Waals surface area contributed by atoms with Gasteiger partial charge in [0.25, 0.3) is 0 Å². The van der Waals surface area contributed by atoms with Crippen LogP contribution < -0.4 is 15.5 Å². The van der Waals surface area contributed by atoms with E-state index >= 15 is 0 Å². The Morgan fingerprint density at radius 1 is 1.15 bits per heavy atom. The molecule has 0 aliphatic carbocycles. The Morgan fingerprint density at radius 2 is 2.00 bits per heavy atom. The summed E-state index contributed by atoms with van der Waals surface area (Å²) in [7, 11) is 0. The Balaban J connectivity index is 1.61. The molecule has 1 aliphatic heterocycles. The van der Waals surface area contributed by atoms with Crippen LogP contribution in [-0.2, 0) is 13.1 Å². The van der Waals surface area contributed by atoms with E-state index in [-0.39, 0.29) is 5.82 Å². The van der Waals surface area contributed by atoms with Crippen LogP contribution in [0.25, 0.3) is 0 Å². The average Bonchev–Trinajstić information content (AvgIpc) is 3.19. The van der Waals surface area contributed by atoms with Gasteiger partial charge in [0, 0.05) is 32.4 Å². The van der Waals surface area contributed by atoms with Gasteiger partial charge in [-0.15, -0.1) is 0 Å². The Kier molecular flexibility index (Phi) is 6.41. The molecule has 2 aromatic rings. The molecule has 138 valence electrons. The second-order valence-electron chi connectivity index (χ2n) is 6.40. The lowest BCUT2D eigenvalue weighted by atomic mass is 10.2. The number of anilines is 1. The van der Waals surface area contributed by atoms with Gasteiger partial charge in [0.1, 0.15) is 11.6 Å². The largest absolute Gasteiger partial charge is 0.357 e. The molecule has 0 saturated carbocycles. The normalized spacial score (nSPS) is 14.5. The van der Waals surface area contributed by atoms with E-state index < -0.39 is 0 Å². The predicted molar refractivity (Wildman–Crippen MR) is 104 cm³/mol. The van der Waals surface area contributed by atoms with Gasteiger partial charge in [-0.2, -0.15) is 0 Å². The van der Waals surface area contributed by atoms with E-state index in [1.165, 1.54) is 30.5 Å². The second kappa shape index (κ2) is 9.17. The predicted octanol–water partition coefficient (Wildman–Crippen LogP) is 3.08. The van der Waals surface area contributed by atoms with Gasteiger partial charge in [0.15, 0.2) is 5.96 Å². The van der Waals surface area contributed by atoms with E-state index in [2.05, 4.69) is 31.6 Å². The van der Waals surface area contributed by atoms with Gasteiger partial charge < -0.3 is 15.5 Å². The van der Waals surface area contributed by atoms with Gasteiger partial charge in [-0.25, -0.2) is 14.4 Å². The molecule has 3 rings (SSSR count). The van der Waals surface area contributed by atoms with Crippen molar-refractivity contribution < 1.29 is 4.39 Å². The quantitative estimate of drug-likeness (QED) is 0.618. The molecule has 0 unspecified atom stereocenters. The van der Waals surface area contributed by atoms with Crippen LogP contribution in [0.5, 0.6) is 0 Å². The maximum absolute atomic E-state index is 13.3. The minimum Gasteiger partial charge on any atom is -0.357 e. The van der Waals surface area contributed by atoms with E-state index in [0.717, 1.165) is 37.0 Å². The number of rotatable bonds is 6. The smallest absolute Gasteiger partial charge is 0.191 e. The number of pyridine rings is 1. The van der Waals surface area contributed by atoms with Gasteiger partial charge in [-0.3, -0.25) is 0 Å². The van der Waals surface area contributed by atoms with Crippen LogP contribution in [0, 0.1) is 5.82 Å². The Hall–Kier alpha value is -2.63. The molecule has 1 fully saturated rings. The third-order valence-electron chi connectivity index (χ3n) is 4.35. The first-order chi connectivity index (χ1) is 12.7. The molecular formula is C20H26FN5. The van der Waals surface area contributed by atoms with Crippen LogP contribution in [0.1, 0.15) is 30.9 Å². The number of aliphatic imine (C=N–C) groups is 1. The molecule has 1 aromatic heterocycles. The molecule has 0 radical (unpaired) electrons. The number of nitrogens with one attached hydrogen (secondary N) is 2. The van der Waals surface area contributed by atoms with Crippen LogP contribution in [-0.4, -0.2) is 30.6 Å². The molecule has 0 bridgehead atoms. The Labute approximate surface area is 154 Å². The van der Waals surface area contributed by atoms with Gasteiger partial charge in [-0.1, -0.05) is 12.1 Å². The molecule has 1 aromatic carbocycles. The summed E-state index contributed by atoms with van der Waals surface area (Å²) in [6.07, 6.45) is 4.34. The molecule has 1 saturated heterocycles. The summed E-state index contributed by atoms with van der Waals surface area (Å²) in [4.78, 5) is 11.4. The van der Waals surface area contributed by atoms with Crippen LogP contribution in [0.2, 0.25) is 0 Å². The fourth-order valence-electron chi connectivity index (χ4n) is 3.02. The number of benzene rings is 1. The summed E-state index contributed by atoms with van der Waals surface area (Å²) >= 11 is 0. The molecule has 5 nitrogen and oxygen atoms in total. The molecule has 2 N–H and O–H groups in total. The summed E-state index contributed by atoms with van der Waals surface area (Å²) in [6, 6.07) is 10.7. The lowest BCUT2D eigenvalue weighted by Gasteiger charge is -2.17. The third kappa shape index (κ3) is 5.18. The SMILES string of the molecule is CCNC(=NCc1cccc(F)c1)NCc1ccnc(N2CCCC2)c1. The number of aromatic nitrogens is 1. The zero-order chi connectivity index (χ0) is 18.2. The standard InChI is InChI=1S/C20H26FN5/c1-2-22-20(24-14-16-6-5-7-18(21)12-16)25-15-17-8-9-23-19(13-17)26-10-3-4-11-26/h5-9,12-13H,2-4,10-11,14-15H2,1H3,(H2,22,24,25). The highest BCUT2D eigenvalue weighted by Gasteiger charge is 2.13. The van der Waals surface area contributed by atoms with Crippen molar-refractivity contribution in [3.05, 3.63) is 59.5 Å². The molecule has 6 heteroatoms. The van der Waals surface area contributed by atoms with E-state index in [4.69, 9.17) is 0 Å². The zero-order valence-corrected chi connectivity index (χ0v) is 15.2. The highest BCUT2D eigenvalue weighted by atomic mass is 19.1. The second-order valence-corrected chi connectivity index (χ2v) is 6.40. The highest BCUT2D eigenvalue weighted by Crippen LogP contribution is 2.18. The van der Waals surface area contributed by atoms with Crippen molar-refractivity contribution in [2.24, 2.45) is 4.99 Å². The number of guanidine groups is 1. The van der Waals surface area contributed by atoms with Gasteiger partial charge >= 0.3 is 0 Å². The topological polar surface area (TPSA) is 52.6 Å². The minimum absolute atomic E-state index is 0.234. The Morgan fingerprint density at radius 3 is 2.77 bits per heavy atom. The van der Waals surface area contributed by atoms with E-state index in [1.54, 1.807) is 6.07 Å².